The minimum atomic E-state index is -0.658. The zero-order valence-corrected chi connectivity index (χ0v) is 19.8. The molecule has 2 aromatic carbocycles. The standard InChI is InChI=1S/C22H24BrF2NO3S/c1-12(2)19(21(28)29-22(3,4)5)30-18-11-17(16(25)10-15(18)23)26-20(27)13-7-6-8-14(24)9-13/h6-12,19H,1-5H3,(H,26,27). The predicted octanol–water partition coefficient (Wildman–Crippen LogP) is 6.44. The molecule has 2 rings (SSSR count). The van der Waals surface area contributed by atoms with E-state index in [1.165, 1.54) is 42.1 Å². The highest BCUT2D eigenvalue weighted by Crippen LogP contribution is 2.37. The number of thioether (sulfide) groups is 1. The van der Waals surface area contributed by atoms with Crippen LogP contribution in [0.15, 0.2) is 45.8 Å². The molecule has 1 N–H and O–H groups in total. The maximum atomic E-state index is 14.4. The van der Waals surface area contributed by atoms with E-state index < -0.39 is 28.4 Å². The molecule has 0 bridgehead atoms. The van der Waals surface area contributed by atoms with Gasteiger partial charge in [-0.05, 0) is 73.0 Å². The molecule has 0 aliphatic heterocycles. The second-order valence-electron chi connectivity index (χ2n) is 8.04. The van der Waals surface area contributed by atoms with Crippen molar-refractivity contribution in [1.82, 2.24) is 0 Å². The maximum Gasteiger partial charge on any atom is 0.320 e. The molecular formula is C22H24BrF2NO3S. The number of halogens is 3. The monoisotopic (exact) mass is 499 g/mol. The molecule has 0 radical (unpaired) electrons. The molecule has 0 heterocycles. The maximum absolute atomic E-state index is 14.4. The number of hydrogen-bond donors (Lipinski definition) is 1. The van der Waals surface area contributed by atoms with Crippen LogP contribution in [0.4, 0.5) is 14.5 Å². The van der Waals surface area contributed by atoms with Gasteiger partial charge in [-0.25, -0.2) is 8.78 Å². The Hall–Kier alpha value is -1.93. The van der Waals surface area contributed by atoms with Crippen LogP contribution in [0.3, 0.4) is 0 Å². The Morgan fingerprint density at radius 3 is 2.37 bits per heavy atom. The summed E-state index contributed by atoms with van der Waals surface area (Å²) in [5, 5.41) is 1.93. The summed E-state index contributed by atoms with van der Waals surface area (Å²) < 4.78 is 33.8. The molecule has 2 aromatic rings. The minimum Gasteiger partial charge on any atom is -0.459 e. The molecule has 1 unspecified atom stereocenters. The lowest BCUT2D eigenvalue weighted by Crippen LogP contribution is -2.33. The molecular weight excluding hydrogens is 476 g/mol. The molecule has 162 valence electrons. The third-order valence-electron chi connectivity index (χ3n) is 3.86. The molecule has 4 nitrogen and oxygen atoms in total. The van der Waals surface area contributed by atoms with Crippen LogP contribution < -0.4 is 5.32 Å². The number of hydrogen-bond acceptors (Lipinski definition) is 4. The van der Waals surface area contributed by atoms with E-state index in [9.17, 15) is 18.4 Å². The smallest absolute Gasteiger partial charge is 0.320 e. The van der Waals surface area contributed by atoms with E-state index in [1.807, 2.05) is 13.8 Å². The second kappa shape index (κ2) is 9.92. The van der Waals surface area contributed by atoms with Gasteiger partial charge in [-0.3, -0.25) is 9.59 Å². The van der Waals surface area contributed by atoms with Gasteiger partial charge in [0.05, 0.1) is 5.69 Å². The lowest BCUT2D eigenvalue weighted by atomic mass is 10.1. The fraction of sp³-hybridized carbons (Fsp3) is 0.364. The highest BCUT2D eigenvalue weighted by molar-refractivity contribution is 9.10. The van der Waals surface area contributed by atoms with E-state index in [4.69, 9.17) is 4.74 Å². The van der Waals surface area contributed by atoms with Gasteiger partial charge in [0.15, 0.2) is 0 Å². The highest BCUT2D eigenvalue weighted by Gasteiger charge is 2.29. The SMILES string of the molecule is CC(C)C(Sc1cc(NC(=O)c2cccc(F)c2)c(F)cc1Br)C(=O)OC(C)(C)C. The molecule has 0 saturated heterocycles. The lowest BCUT2D eigenvalue weighted by molar-refractivity contribution is -0.154. The molecule has 1 atom stereocenters. The molecule has 0 spiro atoms. The molecule has 1 amide bonds. The Morgan fingerprint density at radius 2 is 1.80 bits per heavy atom. The third-order valence-corrected chi connectivity index (χ3v) is 6.36. The minimum absolute atomic E-state index is 0.0489. The van der Waals surface area contributed by atoms with Crippen LogP contribution in [0.25, 0.3) is 0 Å². The van der Waals surface area contributed by atoms with Crippen molar-refractivity contribution in [3.63, 3.8) is 0 Å². The van der Waals surface area contributed by atoms with Gasteiger partial charge < -0.3 is 10.1 Å². The van der Waals surface area contributed by atoms with Crippen molar-refractivity contribution in [2.75, 3.05) is 5.32 Å². The number of amides is 1. The molecule has 0 saturated carbocycles. The van der Waals surface area contributed by atoms with Crippen molar-refractivity contribution in [3.8, 4) is 0 Å². The number of nitrogens with one attached hydrogen (secondary N) is 1. The van der Waals surface area contributed by atoms with Crippen molar-refractivity contribution < 1.29 is 23.1 Å². The number of ether oxygens (including phenoxy) is 1. The number of esters is 1. The Labute approximate surface area is 187 Å². The summed E-state index contributed by atoms with van der Waals surface area (Å²) in [7, 11) is 0. The fourth-order valence-electron chi connectivity index (χ4n) is 2.49. The number of anilines is 1. The first-order chi connectivity index (χ1) is 13.9. The van der Waals surface area contributed by atoms with E-state index in [0.717, 1.165) is 6.07 Å². The molecule has 0 fully saturated rings. The van der Waals surface area contributed by atoms with E-state index in [2.05, 4.69) is 21.2 Å². The summed E-state index contributed by atoms with van der Waals surface area (Å²) >= 11 is 4.54. The van der Waals surface area contributed by atoms with E-state index >= 15 is 0 Å². The number of rotatable bonds is 6. The Balaban J connectivity index is 2.28. The van der Waals surface area contributed by atoms with Crippen LogP contribution in [0.2, 0.25) is 0 Å². The zero-order chi connectivity index (χ0) is 22.6. The first-order valence-corrected chi connectivity index (χ1v) is 11.0. The van der Waals surface area contributed by atoms with Gasteiger partial charge in [0.1, 0.15) is 22.5 Å². The van der Waals surface area contributed by atoms with Crippen LogP contribution in [0.1, 0.15) is 45.0 Å². The lowest BCUT2D eigenvalue weighted by Gasteiger charge is -2.26. The summed E-state index contributed by atoms with van der Waals surface area (Å²) in [6, 6.07) is 7.78. The van der Waals surface area contributed by atoms with E-state index in [1.54, 1.807) is 20.8 Å². The van der Waals surface area contributed by atoms with E-state index in [0.29, 0.717) is 9.37 Å². The molecule has 30 heavy (non-hydrogen) atoms. The van der Waals surface area contributed by atoms with Gasteiger partial charge in [0.25, 0.3) is 5.91 Å². The normalized spacial score (nSPS) is 12.6. The van der Waals surface area contributed by atoms with Crippen LogP contribution in [-0.2, 0) is 9.53 Å². The van der Waals surface area contributed by atoms with Crippen molar-refractivity contribution >= 4 is 45.3 Å². The predicted molar refractivity (Wildman–Crippen MR) is 119 cm³/mol. The highest BCUT2D eigenvalue weighted by atomic mass is 79.9. The van der Waals surface area contributed by atoms with Crippen molar-refractivity contribution in [1.29, 1.82) is 0 Å². The van der Waals surface area contributed by atoms with Gasteiger partial charge in [-0.15, -0.1) is 11.8 Å². The first kappa shape index (κ1) is 24.3. The fourth-order valence-corrected chi connectivity index (χ4v) is 4.14. The van der Waals surface area contributed by atoms with Crippen molar-refractivity contribution in [2.45, 2.75) is 50.4 Å². The van der Waals surface area contributed by atoms with Gasteiger partial charge in [0.2, 0.25) is 0 Å². The van der Waals surface area contributed by atoms with Crippen LogP contribution in [0.5, 0.6) is 0 Å². The molecule has 0 aliphatic rings. The molecule has 0 aromatic heterocycles. The van der Waals surface area contributed by atoms with Gasteiger partial charge >= 0.3 is 5.97 Å². The van der Waals surface area contributed by atoms with Gasteiger partial charge in [-0.1, -0.05) is 19.9 Å². The topological polar surface area (TPSA) is 55.4 Å². The molecule has 8 heteroatoms. The van der Waals surface area contributed by atoms with Gasteiger partial charge in [0, 0.05) is 14.9 Å². The Bertz CT molecular complexity index is 944. The van der Waals surface area contributed by atoms with E-state index in [-0.39, 0.29) is 23.1 Å². The number of carbonyl (C=O) groups excluding carboxylic acids is 2. The second-order valence-corrected chi connectivity index (χ2v) is 10.1. The quantitative estimate of drug-likeness (QED) is 0.367. The Kier molecular flexibility index (Phi) is 8.05. The van der Waals surface area contributed by atoms with Crippen LogP contribution in [0, 0.1) is 17.6 Å². The van der Waals surface area contributed by atoms with Crippen LogP contribution >= 0.6 is 27.7 Å². The average Bonchev–Trinajstić information content (AvgIpc) is 2.60. The summed E-state index contributed by atoms with van der Waals surface area (Å²) in [6.45, 7) is 9.17. The zero-order valence-electron chi connectivity index (χ0n) is 17.4. The summed E-state index contributed by atoms with van der Waals surface area (Å²) in [5.41, 5.74) is -0.628. The summed E-state index contributed by atoms with van der Waals surface area (Å²) in [5.74, 6) is -2.28. The first-order valence-electron chi connectivity index (χ1n) is 9.33. The average molecular weight is 500 g/mol. The third kappa shape index (κ3) is 6.80. The summed E-state index contributed by atoms with van der Waals surface area (Å²) in [6.07, 6.45) is 0. The number of benzene rings is 2. The van der Waals surface area contributed by atoms with Crippen LogP contribution in [-0.4, -0.2) is 22.7 Å². The molecule has 0 aliphatic carbocycles. The number of carbonyl (C=O) groups is 2. The van der Waals surface area contributed by atoms with Crippen molar-refractivity contribution in [3.05, 3.63) is 58.1 Å². The van der Waals surface area contributed by atoms with Crippen molar-refractivity contribution in [2.24, 2.45) is 5.92 Å². The largest absolute Gasteiger partial charge is 0.459 e. The van der Waals surface area contributed by atoms with Gasteiger partial charge in [-0.2, -0.15) is 0 Å². The Morgan fingerprint density at radius 1 is 1.13 bits per heavy atom. The summed E-state index contributed by atoms with van der Waals surface area (Å²) in [4.78, 5) is 25.6.